The van der Waals surface area contributed by atoms with Crippen LogP contribution < -0.4 is 10.9 Å². The van der Waals surface area contributed by atoms with Gasteiger partial charge in [-0.3, -0.25) is 4.79 Å². The quantitative estimate of drug-likeness (QED) is 0.897. The molecule has 0 amide bonds. The minimum absolute atomic E-state index is 0.0165. The second-order valence-electron chi connectivity index (χ2n) is 5.60. The molecule has 2 aromatic heterocycles. The van der Waals surface area contributed by atoms with Crippen LogP contribution in [0.4, 0.5) is 0 Å². The first-order chi connectivity index (χ1) is 9.54. The van der Waals surface area contributed by atoms with Gasteiger partial charge in [0.15, 0.2) is 0 Å². The van der Waals surface area contributed by atoms with Gasteiger partial charge in [-0.2, -0.15) is 0 Å². The van der Waals surface area contributed by atoms with Crippen LogP contribution in [-0.4, -0.2) is 41.0 Å². The minimum Gasteiger partial charge on any atom is -0.309 e. The average Bonchev–Trinajstić information content (AvgIpc) is 2.92. The third-order valence-electron chi connectivity index (χ3n) is 4.04. The van der Waals surface area contributed by atoms with E-state index >= 15 is 0 Å². The number of aryl methyl sites for hydroxylation is 2. The van der Waals surface area contributed by atoms with E-state index in [-0.39, 0.29) is 5.56 Å². The van der Waals surface area contributed by atoms with Gasteiger partial charge < -0.3 is 15.2 Å². The number of fused-ring (bicyclic) bond motifs is 1. The molecule has 1 unspecified atom stereocenters. The Hall–Kier alpha value is -1.24. The maximum Gasteiger partial charge on any atom is 0.259 e. The zero-order valence-corrected chi connectivity index (χ0v) is 12.9. The van der Waals surface area contributed by atoms with Crippen LogP contribution in [0.25, 0.3) is 10.2 Å². The molecule has 3 rings (SSSR count). The van der Waals surface area contributed by atoms with Crippen LogP contribution >= 0.6 is 11.3 Å². The van der Waals surface area contributed by atoms with Crippen LogP contribution in [-0.2, 0) is 6.54 Å². The Bertz CT molecular complexity index is 690. The molecule has 108 valence electrons. The molecule has 0 saturated carbocycles. The molecular weight excluding hydrogens is 272 g/mol. The van der Waals surface area contributed by atoms with Gasteiger partial charge in [0.05, 0.1) is 11.9 Å². The van der Waals surface area contributed by atoms with Crippen molar-refractivity contribution in [2.75, 3.05) is 20.1 Å². The summed E-state index contributed by atoms with van der Waals surface area (Å²) < 4.78 is 0. The van der Waals surface area contributed by atoms with E-state index in [1.165, 1.54) is 4.88 Å². The van der Waals surface area contributed by atoms with Crippen molar-refractivity contribution in [1.29, 1.82) is 0 Å². The van der Waals surface area contributed by atoms with Gasteiger partial charge in [-0.1, -0.05) is 0 Å². The highest BCUT2D eigenvalue weighted by atomic mass is 32.1. The number of rotatable bonds is 3. The molecule has 0 radical (unpaired) electrons. The summed E-state index contributed by atoms with van der Waals surface area (Å²) >= 11 is 1.60. The Morgan fingerprint density at radius 2 is 2.30 bits per heavy atom. The number of likely N-dealkylation sites (N-methyl/N-ethyl adjacent to an activating group) is 1. The lowest BCUT2D eigenvalue weighted by Gasteiger charge is -2.12. The van der Waals surface area contributed by atoms with Gasteiger partial charge in [-0.05, 0) is 39.4 Å². The summed E-state index contributed by atoms with van der Waals surface area (Å²) in [5, 5.41) is 4.22. The standard InChI is InChI=1S/C14H20N4OS/c1-8-9(2)20-14-12(8)13(19)16-11(17-14)6-15-10-4-5-18(3)7-10/h10,15H,4-7H2,1-3H3,(H,16,17,19). The Morgan fingerprint density at radius 1 is 1.50 bits per heavy atom. The normalized spacial score (nSPS) is 20.1. The monoisotopic (exact) mass is 292 g/mol. The van der Waals surface area contributed by atoms with Crippen LogP contribution in [0.15, 0.2) is 4.79 Å². The molecule has 0 aliphatic carbocycles. The summed E-state index contributed by atoms with van der Waals surface area (Å²) in [5.74, 6) is 0.735. The van der Waals surface area contributed by atoms with Gasteiger partial charge in [0, 0.05) is 17.5 Å². The van der Waals surface area contributed by atoms with Crippen molar-refractivity contribution in [3.8, 4) is 0 Å². The molecule has 5 nitrogen and oxygen atoms in total. The molecule has 0 bridgehead atoms. The molecule has 1 atom stereocenters. The molecule has 1 saturated heterocycles. The number of H-pyrrole nitrogens is 1. The second kappa shape index (κ2) is 5.27. The van der Waals surface area contributed by atoms with Gasteiger partial charge in [0.1, 0.15) is 10.7 Å². The van der Waals surface area contributed by atoms with E-state index in [1.54, 1.807) is 11.3 Å². The fourth-order valence-corrected chi connectivity index (χ4v) is 3.77. The minimum atomic E-state index is -0.0165. The summed E-state index contributed by atoms with van der Waals surface area (Å²) in [6.07, 6.45) is 1.15. The molecular formula is C14H20N4OS. The number of aromatic amines is 1. The highest BCUT2D eigenvalue weighted by Gasteiger charge is 2.19. The Morgan fingerprint density at radius 3 is 3.00 bits per heavy atom. The lowest BCUT2D eigenvalue weighted by Crippen LogP contribution is -2.32. The van der Waals surface area contributed by atoms with Gasteiger partial charge in [-0.25, -0.2) is 4.98 Å². The predicted molar refractivity (Wildman–Crippen MR) is 82.5 cm³/mol. The van der Waals surface area contributed by atoms with Crippen molar-refractivity contribution in [2.45, 2.75) is 32.9 Å². The molecule has 2 N–H and O–H groups in total. The third-order valence-corrected chi connectivity index (χ3v) is 5.14. The Labute approximate surface area is 122 Å². The van der Waals surface area contributed by atoms with E-state index in [2.05, 4.69) is 27.2 Å². The topological polar surface area (TPSA) is 61.0 Å². The summed E-state index contributed by atoms with van der Waals surface area (Å²) in [7, 11) is 2.13. The summed E-state index contributed by atoms with van der Waals surface area (Å²) in [6, 6.07) is 0.493. The number of aromatic nitrogens is 2. The van der Waals surface area contributed by atoms with Crippen molar-refractivity contribution < 1.29 is 0 Å². The Balaban J connectivity index is 1.80. The van der Waals surface area contributed by atoms with E-state index in [0.717, 1.165) is 41.1 Å². The molecule has 1 aliphatic rings. The Kier molecular flexibility index (Phi) is 3.62. The zero-order valence-electron chi connectivity index (χ0n) is 12.1. The SMILES string of the molecule is Cc1sc2nc(CNC3CCN(C)C3)[nH]c(=O)c2c1C. The second-order valence-corrected chi connectivity index (χ2v) is 6.81. The van der Waals surface area contributed by atoms with Crippen molar-refractivity contribution in [1.82, 2.24) is 20.2 Å². The summed E-state index contributed by atoms with van der Waals surface area (Å²) in [4.78, 5) is 24.0. The highest BCUT2D eigenvalue weighted by Crippen LogP contribution is 2.25. The van der Waals surface area contributed by atoms with Crippen LogP contribution in [0.1, 0.15) is 22.7 Å². The molecule has 2 aromatic rings. The van der Waals surface area contributed by atoms with Crippen molar-refractivity contribution in [2.24, 2.45) is 0 Å². The number of nitrogens with one attached hydrogen (secondary N) is 2. The zero-order chi connectivity index (χ0) is 14.3. The molecule has 0 aromatic carbocycles. The van der Waals surface area contributed by atoms with Gasteiger partial charge in [-0.15, -0.1) is 11.3 Å². The summed E-state index contributed by atoms with van der Waals surface area (Å²) in [6.45, 7) is 6.83. The van der Waals surface area contributed by atoms with E-state index in [1.807, 2.05) is 13.8 Å². The largest absolute Gasteiger partial charge is 0.309 e. The van der Waals surface area contributed by atoms with Crippen LogP contribution in [0.3, 0.4) is 0 Å². The van der Waals surface area contributed by atoms with Crippen molar-refractivity contribution >= 4 is 21.6 Å². The lowest BCUT2D eigenvalue weighted by atomic mass is 10.2. The van der Waals surface area contributed by atoms with Gasteiger partial charge in [0.25, 0.3) is 5.56 Å². The van der Waals surface area contributed by atoms with E-state index in [9.17, 15) is 4.79 Å². The fraction of sp³-hybridized carbons (Fsp3) is 0.571. The van der Waals surface area contributed by atoms with Crippen molar-refractivity contribution in [3.05, 3.63) is 26.6 Å². The molecule has 1 aliphatic heterocycles. The fourth-order valence-electron chi connectivity index (χ4n) is 2.73. The van der Waals surface area contributed by atoms with E-state index in [0.29, 0.717) is 12.6 Å². The number of nitrogens with zero attached hydrogens (tertiary/aromatic N) is 2. The first-order valence-corrected chi connectivity index (χ1v) is 7.77. The highest BCUT2D eigenvalue weighted by molar-refractivity contribution is 7.18. The molecule has 3 heterocycles. The number of thiophene rings is 1. The number of likely N-dealkylation sites (tertiary alicyclic amines) is 1. The maximum absolute atomic E-state index is 12.2. The van der Waals surface area contributed by atoms with Crippen LogP contribution in [0.5, 0.6) is 0 Å². The third kappa shape index (κ3) is 2.51. The first-order valence-electron chi connectivity index (χ1n) is 6.95. The predicted octanol–water partition coefficient (Wildman–Crippen LogP) is 1.40. The van der Waals surface area contributed by atoms with Gasteiger partial charge >= 0.3 is 0 Å². The molecule has 6 heteroatoms. The molecule has 1 fully saturated rings. The average molecular weight is 292 g/mol. The lowest BCUT2D eigenvalue weighted by molar-refractivity contribution is 0.396. The van der Waals surface area contributed by atoms with E-state index < -0.39 is 0 Å². The van der Waals surface area contributed by atoms with Crippen LogP contribution in [0.2, 0.25) is 0 Å². The number of hydrogen-bond acceptors (Lipinski definition) is 5. The first kappa shape index (κ1) is 13.7. The molecule has 20 heavy (non-hydrogen) atoms. The summed E-state index contributed by atoms with van der Waals surface area (Å²) in [5.41, 5.74) is 1.04. The van der Waals surface area contributed by atoms with Crippen LogP contribution in [0, 0.1) is 13.8 Å². The van der Waals surface area contributed by atoms with Gasteiger partial charge in [0.2, 0.25) is 0 Å². The van der Waals surface area contributed by atoms with E-state index in [4.69, 9.17) is 0 Å². The number of hydrogen-bond donors (Lipinski definition) is 2. The maximum atomic E-state index is 12.2. The molecule has 0 spiro atoms. The van der Waals surface area contributed by atoms with Crippen molar-refractivity contribution in [3.63, 3.8) is 0 Å². The smallest absolute Gasteiger partial charge is 0.259 e.